The summed E-state index contributed by atoms with van der Waals surface area (Å²) in [5.74, 6) is -0.0910. The summed E-state index contributed by atoms with van der Waals surface area (Å²) in [5, 5.41) is 13.3. The molecule has 1 heterocycles. The molecule has 0 aliphatic rings. The number of aryl methyl sites for hydroxylation is 2. The van der Waals surface area contributed by atoms with Gasteiger partial charge in [0.25, 0.3) is 0 Å². The SMILES string of the molecule is Cc1nn(C)c(C)c1/C=C/C(=O)N(CCO)C(C)C. The first kappa shape index (κ1) is 15.4. The van der Waals surface area contributed by atoms with Crippen LogP contribution in [0.15, 0.2) is 6.08 Å². The van der Waals surface area contributed by atoms with Crippen molar-refractivity contribution in [3.63, 3.8) is 0 Å². The van der Waals surface area contributed by atoms with Crippen LogP contribution in [-0.4, -0.2) is 44.9 Å². The Morgan fingerprint density at radius 2 is 2.11 bits per heavy atom. The van der Waals surface area contributed by atoms with E-state index in [4.69, 9.17) is 5.11 Å². The van der Waals surface area contributed by atoms with Crippen LogP contribution in [0.2, 0.25) is 0 Å². The number of carbonyl (C=O) groups is 1. The maximum atomic E-state index is 12.1. The van der Waals surface area contributed by atoms with Crippen LogP contribution in [0.3, 0.4) is 0 Å². The smallest absolute Gasteiger partial charge is 0.246 e. The lowest BCUT2D eigenvalue weighted by Gasteiger charge is -2.24. The first-order valence-electron chi connectivity index (χ1n) is 6.48. The number of aliphatic hydroxyl groups excluding tert-OH is 1. The van der Waals surface area contributed by atoms with Gasteiger partial charge in [0.15, 0.2) is 0 Å². The summed E-state index contributed by atoms with van der Waals surface area (Å²) >= 11 is 0. The third-order valence-corrected chi connectivity index (χ3v) is 3.20. The zero-order chi connectivity index (χ0) is 14.6. The zero-order valence-electron chi connectivity index (χ0n) is 12.3. The standard InChI is InChI=1S/C14H23N3O2/c1-10(2)17(8-9-18)14(19)7-6-13-11(3)15-16(5)12(13)4/h6-7,10,18H,8-9H2,1-5H3/b7-6+. The molecule has 1 aromatic rings. The van der Waals surface area contributed by atoms with Crippen molar-refractivity contribution in [1.82, 2.24) is 14.7 Å². The van der Waals surface area contributed by atoms with Gasteiger partial charge in [0.1, 0.15) is 0 Å². The van der Waals surface area contributed by atoms with Crippen LogP contribution in [0.4, 0.5) is 0 Å². The first-order chi connectivity index (χ1) is 8.88. The number of rotatable bonds is 5. The molecule has 0 aliphatic carbocycles. The second-order valence-corrected chi connectivity index (χ2v) is 4.89. The molecule has 5 heteroatoms. The van der Waals surface area contributed by atoms with E-state index in [1.165, 1.54) is 0 Å². The van der Waals surface area contributed by atoms with Crippen LogP contribution in [-0.2, 0) is 11.8 Å². The number of hydrogen-bond donors (Lipinski definition) is 1. The summed E-state index contributed by atoms with van der Waals surface area (Å²) in [5.41, 5.74) is 2.91. The molecule has 106 valence electrons. The van der Waals surface area contributed by atoms with Gasteiger partial charge in [-0.15, -0.1) is 0 Å². The van der Waals surface area contributed by atoms with Crippen molar-refractivity contribution in [3.05, 3.63) is 23.0 Å². The molecule has 1 N–H and O–H groups in total. The van der Waals surface area contributed by atoms with Crippen molar-refractivity contribution in [2.45, 2.75) is 33.7 Å². The molecule has 0 aromatic carbocycles. The quantitative estimate of drug-likeness (QED) is 0.816. The van der Waals surface area contributed by atoms with E-state index in [0.717, 1.165) is 17.0 Å². The molecule has 5 nitrogen and oxygen atoms in total. The van der Waals surface area contributed by atoms with Gasteiger partial charge in [-0.05, 0) is 33.8 Å². The molecule has 0 fully saturated rings. The molecule has 0 bridgehead atoms. The Balaban J connectivity index is 2.88. The summed E-state index contributed by atoms with van der Waals surface area (Å²) < 4.78 is 1.80. The predicted molar refractivity (Wildman–Crippen MR) is 75.7 cm³/mol. The average molecular weight is 265 g/mol. The molecule has 0 spiro atoms. The van der Waals surface area contributed by atoms with E-state index in [-0.39, 0.29) is 18.6 Å². The van der Waals surface area contributed by atoms with Gasteiger partial charge in [0.05, 0.1) is 12.3 Å². The largest absolute Gasteiger partial charge is 0.395 e. The highest BCUT2D eigenvalue weighted by Gasteiger charge is 2.14. The van der Waals surface area contributed by atoms with Gasteiger partial charge in [-0.25, -0.2) is 0 Å². The van der Waals surface area contributed by atoms with E-state index in [1.54, 1.807) is 21.7 Å². The lowest BCUT2D eigenvalue weighted by Crippen LogP contribution is -2.37. The summed E-state index contributed by atoms with van der Waals surface area (Å²) in [6, 6.07) is 0.0698. The van der Waals surface area contributed by atoms with E-state index < -0.39 is 0 Å². The zero-order valence-corrected chi connectivity index (χ0v) is 12.3. The molecule has 0 radical (unpaired) electrons. The maximum absolute atomic E-state index is 12.1. The highest BCUT2D eigenvalue weighted by molar-refractivity contribution is 5.92. The first-order valence-corrected chi connectivity index (χ1v) is 6.48. The van der Waals surface area contributed by atoms with Crippen LogP contribution in [0, 0.1) is 13.8 Å². The van der Waals surface area contributed by atoms with Crippen LogP contribution in [0.1, 0.15) is 30.8 Å². The Morgan fingerprint density at radius 1 is 1.47 bits per heavy atom. The molecule has 0 aliphatic heterocycles. The fraction of sp³-hybridized carbons (Fsp3) is 0.571. The van der Waals surface area contributed by atoms with Crippen LogP contribution < -0.4 is 0 Å². The van der Waals surface area contributed by atoms with Crippen molar-refractivity contribution in [2.75, 3.05) is 13.2 Å². The van der Waals surface area contributed by atoms with Crippen LogP contribution in [0.25, 0.3) is 6.08 Å². The molecule has 1 amide bonds. The topological polar surface area (TPSA) is 58.4 Å². The van der Waals surface area contributed by atoms with Crippen molar-refractivity contribution < 1.29 is 9.90 Å². The second kappa shape index (κ2) is 6.52. The third kappa shape index (κ3) is 3.67. The highest BCUT2D eigenvalue weighted by atomic mass is 16.3. The minimum Gasteiger partial charge on any atom is -0.395 e. The summed E-state index contributed by atoms with van der Waals surface area (Å²) in [7, 11) is 1.88. The molecule has 1 aromatic heterocycles. The molecule has 0 unspecified atom stereocenters. The summed E-state index contributed by atoms with van der Waals surface area (Å²) in [6.07, 6.45) is 3.35. The minimum atomic E-state index is -0.0910. The summed E-state index contributed by atoms with van der Waals surface area (Å²) in [6.45, 7) is 8.08. The van der Waals surface area contributed by atoms with Crippen molar-refractivity contribution in [1.29, 1.82) is 0 Å². The molecular weight excluding hydrogens is 242 g/mol. The number of hydrogen-bond acceptors (Lipinski definition) is 3. The van der Waals surface area contributed by atoms with Gasteiger partial charge in [-0.3, -0.25) is 9.48 Å². The van der Waals surface area contributed by atoms with Crippen molar-refractivity contribution in [2.24, 2.45) is 7.05 Å². The van der Waals surface area contributed by atoms with Gasteiger partial charge in [0.2, 0.25) is 5.91 Å². The van der Waals surface area contributed by atoms with Gasteiger partial charge >= 0.3 is 0 Å². The molecule has 0 atom stereocenters. The molecule has 1 rings (SSSR count). The molecule has 0 saturated heterocycles. The van der Waals surface area contributed by atoms with Gasteiger partial charge in [-0.1, -0.05) is 0 Å². The van der Waals surface area contributed by atoms with Crippen LogP contribution >= 0.6 is 0 Å². The fourth-order valence-electron chi connectivity index (χ4n) is 2.01. The van der Waals surface area contributed by atoms with Crippen molar-refractivity contribution >= 4 is 12.0 Å². The number of carbonyl (C=O) groups excluding carboxylic acids is 1. The number of aromatic nitrogens is 2. The fourth-order valence-corrected chi connectivity index (χ4v) is 2.01. The number of amides is 1. The van der Waals surface area contributed by atoms with E-state index in [0.29, 0.717) is 6.54 Å². The van der Waals surface area contributed by atoms with Gasteiger partial charge in [0, 0.05) is 37.0 Å². The Labute approximate surface area is 114 Å². The number of aliphatic hydroxyl groups is 1. The Morgan fingerprint density at radius 3 is 2.53 bits per heavy atom. The Bertz CT molecular complexity index is 475. The average Bonchev–Trinajstić information content (AvgIpc) is 2.57. The Kier molecular flexibility index (Phi) is 5.30. The normalized spacial score (nSPS) is 11.5. The molecule has 0 saturated carbocycles. The Hall–Kier alpha value is -1.62. The monoisotopic (exact) mass is 265 g/mol. The van der Waals surface area contributed by atoms with Crippen LogP contribution in [0.5, 0.6) is 0 Å². The molecule has 19 heavy (non-hydrogen) atoms. The van der Waals surface area contributed by atoms with E-state index in [2.05, 4.69) is 5.10 Å². The maximum Gasteiger partial charge on any atom is 0.246 e. The number of nitrogens with zero attached hydrogens (tertiary/aromatic N) is 3. The summed E-state index contributed by atoms with van der Waals surface area (Å²) in [4.78, 5) is 13.7. The van der Waals surface area contributed by atoms with E-state index in [9.17, 15) is 4.79 Å². The molecular formula is C14H23N3O2. The lowest BCUT2D eigenvalue weighted by molar-refractivity contribution is -0.128. The highest BCUT2D eigenvalue weighted by Crippen LogP contribution is 2.14. The van der Waals surface area contributed by atoms with Crippen molar-refractivity contribution in [3.8, 4) is 0 Å². The third-order valence-electron chi connectivity index (χ3n) is 3.20. The van der Waals surface area contributed by atoms with E-state index >= 15 is 0 Å². The second-order valence-electron chi connectivity index (χ2n) is 4.89. The van der Waals surface area contributed by atoms with Gasteiger partial charge in [-0.2, -0.15) is 5.10 Å². The van der Waals surface area contributed by atoms with E-state index in [1.807, 2.05) is 34.7 Å². The lowest BCUT2D eigenvalue weighted by atomic mass is 10.2. The minimum absolute atomic E-state index is 0.0251. The predicted octanol–water partition coefficient (Wildman–Crippen LogP) is 1.28. The van der Waals surface area contributed by atoms with Gasteiger partial charge < -0.3 is 10.0 Å².